The Labute approximate surface area is 133 Å². The van der Waals surface area contributed by atoms with E-state index in [9.17, 15) is 0 Å². The lowest BCUT2D eigenvalue weighted by molar-refractivity contribution is 0.299. The molecule has 4 heteroatoms. The molecule has 0 radical (unpaired) electrons. The first-order chi connectivity index (χ1) is 10.3. The summed E-state index contributed by atoms with van der Waals surface area (Å²) in [6.07, 6.45) is 0. The van der Waals surface area contributed by atoms with Gasteiger partial charge in [0.2, 0.25) is 0 Å². The van der Waals surface area contributed by atoms with Crippen molar-refractivity contribution >= 4 is 34.1 Å². The minimum Gasteiger partial charge on any atom is -0.487 e. The Bertz CT molecular complexity index is 774. The number of pyridine rings is 1. The summed E-state index contributed by atoms with van der Waals surface area (Å²) in [7, 11) is 0. The molecule has 3 rings (SSSR count). The van der Waals surface area contributed by atoms with Crippen molar-refractivity contribution in [3.05, 3.63) is 70.9 Å². The van der Waals surface area contributed by atoms with Crippen LogP contribution in [0.1, 0.15) is 11.3 Å². The summed E-state index contributed by atoms with van der Waals surface area (Å²) in [4.78, 5) is 4.58. The molecule has 2 aromatic carbocycles. The molecule has 1 heterocycles. The highest BCUT2D eigenvalue weighted by atomic mass is 35.5. The maximum atomic E-state index is 6.11. The molecule has 21 heavy (non-hydrogen) atoms. The van der Waals surface area contributed by atoms with Crippen LogP contribution in [0.15, 0.2) is 54.6 Å². The first-order valence-electron chi connectivity index (χ1n) is 6.59. The van der Waals surface area contributed by atoms with E-state index in [1.54, 1.807) is 6.07 Å². The average Bonchev–Trinajstić information content (AvgIpc) is 2.52. The van der Waals surface area contributed by atoms with Crippen LogP contribution in [-0.2, 0) is 12.5 Å². The molecule has 0 aliphatic carbocycles. The van der Waals surface area contributed by atoms with Crippen LogP contribution in [0, 0.1) is 0 Å². The molecule has 0 aliphatic rings. The zero-order chi connectivity index (χ0) is 14.7. The van der Waals surface area contributed by atoms with Gasteiger partial charge < -0.3 is 4.74 Å². The number of hydrogen-bond donors (Lipinski definition) is 0. The minimum absolute atomic E-state index is 0.320. The Morgan fingerprint density at radius 1 is 0.952 bits per heavy atom. The number of ether oxygens (including phenoxy) is 1. The van der Waals surface area contributed by atoms with E-state index >= 15 is 0 Å². The zero-order valence-electron chi connectivity index (χ0n) is 11.2. The largest absolute Gasteiger partial charge is 0.487 e. The molecule has 3 aromatic rings. The average molecular weight is 318 g/mol. The van der Waals surface area contributed by atoms with E-state index in [0.717, 1.165) is 22.2 Å². The number of benzene rings is 2. The monoisotopic (exact) mass is 317 g/mol. The van der Waals surface area contributed by atoms with Gasteiger partial charge in [-0.3, -0.25) is 0 Å². The van der Waals surface area contributed by atoms with E-state index < -0.39 is 0 Å². The van der Waals surface area contributed by atoms with Gasteiger partial charge in [-0.05, 0) is 24.3 Å². The number of para-hydroxylation sites is 1. The number of fused-ring (bicyclic) bond motifs is 1. The van der Waals surface area contributed by atoms with Gasteiger partial charge in [0.1, 0.15) is 12.4 Å². The molecule has 0 atom stereocenters. The first kappa shape index (κ1) is 14.2. The van der Waals surface area contributed by atoms with E-state index in [1.165, 1.54) is 0 Å². The zero-order valence-corrected chi connectivity index (χ0v) is 12.7. The lowest BCUT2D eigenvalue weighted by Crippen LogP contribution is -2.00. The maximum absolute atomic E-state index is 6.11. The third-order valence-electron chi connectivity index (χ3n) is 3.24. The van der Waals surface area contributed by atoms with Crippen LogP contribution in [0.4, 0.5) is 0 Å². The van der Waals surface area contributed by atoms with Gasteiger partial charge in [0.25, 0.3) is 0 Å². The second-order valence-electron chi connectivity index (χ2n) is 4.63. The summed E-state index contributed by atoms with van der Waals surface area (Å²) in [5, 5.41) is 1.74. The van der Waals surface area contributed by atoms with E-state index in [-0.39, 0.29) is 0 Å². The second kappa shape index (κ2) is 6.33. The summed E-state index contributed by atoms with van der Waals surface area (Å²) >= 11 is 12.0. The van der Waals surface area contributed by atoms with E-state index in [0.29, 0.717) is 23.3 Å². The number of rotatable bonds is 4. The molecule has 0 saturated carbocycles. The Morgan fingerprint density at radius 2 is 1.81 bits per heavy atom. The van der Waals surface area contributed by atoms with Crippen LogP contribution >= 0.6 is 23.2 Å². The Morgan fingerprint density at radius 3 is 2.67 bits per heavy atom. The standard InChI is InChI=1S/C17H13Cl2NO/c18-10-14-15(19)5-3-7-17(14)21-11-13-9-8-12-4-1-2-6-16(12)20-13/h1-9H,10-11H2. The topological polar surface area (TPSA) is 22.1 Å². The van der Waals surface area contributed by atoms with Gasteiger partial charge in [0.15, 0.2) is 0 Å². The van der Waals surface area contributed by atoms with Crippen LogP contribution in [0.25, 0.3) is 10.9 Å². The molecule has 0 saturated heterocycles. The molecule has 1 aromatic heterocycles. The SMILES string of the molecule is ClCc1c(Cl)cccc1OCc1ccc2ccccc2n1. The van der Waals surface area contributed by atoms with Crippen LogP contribution in [0.3, 0.4) is 0 Å². The number of nitrogens with zero attached hydrogens (tertiary/aromatic N) is 1. The lowest BCUT2D eigenvalue weighted by Gasteiger charge is -2.11. The lowest BCUT2D eigenvalue weighted by atomic mass is 10.2. The highest BCUT2D eigenvalue weighted by Gasteiger charge is 2.07. The van der Waals surface area contributed by atoms with Gasteiger partial charge in [-0.1, -0.05) is 41.9 Å². The van der Waals surface area contributed by atoms with Crippen molar-refractivity contribution in [3.8, 4) is 5.75 Å². The molecule has 2 nitrogen and oxygen atoms in total. The highest BCUT2D eigenvalue weighted by Crippen LogP contribution is 2.28. The van der Waals surface area contributed by atoms with Crippen LogP contribution < -0.4 is 4.74 Å². The molecular formula is C17H13Cl2NO. The fourth-order valence-corrected chi connectivity index (χ4v) is 2.72. The number of hydrogen-bond acceptors (Lipinski definition) is 2. The van der Waals surface area contributed by atoms with Crippen molar-refractivity contribution in [2.24, 2.45) is 0 Å². The van der Waals surface area contributed by atoms with Gasteiger partial charge in [0, 0.05) is 16.0 Å². The molecule has 0 aliphatic heterocycles. The Hall–Kier alpha value is -1.77. The fraction of sp³-hybridized carbons (Fsp3) is 0.118. The predicted molar refractivity (Wildman–Crippen MR) is 87.1 cm³/mol. The van der Waals surface area contributed by atoms with Crippen LogP contribution in [-0.4, -0.2) is 4.98 Å². The number of alkyl halides is 1. The van der Waals surface area contributed by atoms with Gasteiger partial charge in [0.05, 0.1) is 17.1 Å². The Kier molecular flexibility index (Phi) is 4.28. The second-order valence-corrected chi connectivity index (χ2v) is 5.31. The summed E-state index contributed by atoms with van der Waals surface area (Å²) in [5.74, 6) is 1.02. The molecule has 0 bridgehead atoms. The normalized spacial score (nSPS) is 10.8. The summed E-state index contributed by atoms with van der Waals surface area (Å²) in [6.45, 7) is 0.384. The molecular weight excluding hydrogens is 305 g/mol. The van der Waals surface area contributed by atoms with Crippen molar-refractivity contribution < 1.29 is 4.74 Å². The smallest absolute Gasteiger partial charge is 0.130 e. The van der Waals surface area contributed by atoms with E-state index in [2.05, 4.69) is 4.98 Å². The third-order valence-corrected chi connectivity index (χ3v) is 3.86. The summed E-state index contributed by atoms with van der Waals surface area (Å²) in [5.41, 5.74) is 2.64. The molecule has 0 unspecified atom stereocenters. The van der Waals surface area contributed by atoms with Crippen molar-refractivity contribution in [1.82, 2.24) is 4.98 Å². The Balaban J connectivity index is 1.82. The molecule has 0 spiro atoms. The quantitative estimate of drug-likeness (QED) is 0.616. The number of halogens is 2. The van der Waals surface area contributed by atoms with Gasteiger partial charge in [-0.15, -0.1) is 11.6 Å². The van der Waals surface area contributed by atoms with Crippen LogP contribution in [0.2, 0.25) is 5.02 Å². The maximum Gasteiger partial charge on any atom is 0.130 e. The molecule has 0 amide bonds. The van der Waals surface area contributed by atoms with Crippen molar-refractivity contribution in [2.45, 2.75) is 12.5 Å². The highest BCUT2D eigenvalue weighted by molar-refractivity contribution is 6.32. The van der Waals surface area contributed by atoms with Crippen molar-refractivity contribution in [1.29, 1.82) is 0 Å². The van der Waals surface area contributed by atoms with Crippen molar-refractivity contribution in [2.75, 3.05) is 0 Å². The minimum atomic E-state index is 0.320. The van der Waals surface area contributed by atoms with Gasteiger partial charge >= 0.3 is 0 Å². The molecule has 0 fully saturated rings. The van der Waals surface area contributed by atoms with Gasteiger partial charge in [-0.25, -0.2) is 4.98 Å². The summed E-state index contributed by atoms with van der Waals surface area (Å²) in [6, 6.07) is 17.5. The van der Waals surface area contributed by atoms with E-state index in [1.807, 2.05) is 48.5 Å². The van der Waals surface area contributed by atoms with Crippen molar-refractivity contribution in [3.63, 3.8) is 0 Å². The molecule has 0 N–H and O–H groups in total. The molecule has 106 valence electrons. The fourth-order valence-electron chi connectivity index (χ4n) is 2.14. The van der Waals surface area contributed by atoms with Crippen LogP contribution in [0.5, 0.6) is 5.75 Å². The first-order valence-corrected chi connectivity index (χ1v) is 7.50. The van der Waals surface area contributed by atoms with E-state index in [4.69, 9.17) is 27.9 Å². The van der Waals surface area contributed by atoms with Gasteiger partial charge in [-0.2, -0.15) is 0 Å². The predicted octanol–water partition coefficient (Wildman–Crippen LogP) is 5.21. The number of aromatic nitrogens is 1. The third kappa shape index (κ3) is 3.12. The summed E-state index contributed by atoms with van der Waals surface area (Å²) < 4.78 is 5.81.